The van der Waals surface area contributed by atoms with Gasteiger partial charge in [-0.2, -0.15) is 18.3 Å². The normalized spacial score (nSPS) is 17.1. The summed E-state index contributed by atoms with van der Waals surface area (Å²) in [7, 11) is 0. The predicted molar refractivity (Wildman–Crippen MR) is 117 cm³/mol. The molecule has 1 aromatic carbocycles. The fraction of sp³-hybridized carbons (Fsp3) is 0.409. The van der Waals surface area contributed by atoms with Gasteiger partial charge in [-0.05, 0) is 55.9 Å². The Balaban J connectivity index is 0.000000364. The monoisotopic (exact) mass is 492 g/mol. The second-order valence-electron chi connectivity index (χ2n) is 8.61. The van der Waals surface area contributed by atoms with E-state index in [4.69, 9.17) is 15.6 Å². The van der Waals surface area contributed by atoms with Gasteiger partial charge >= 0.3 is 12.1 Å². The Hall–Kier alpha value is -3.74. The van der Waals surface area contributed by atoms with Crippen LogP contribution in [0.4, 0.5) is 19.0 Å². The van der Waals surface area contributed by atoms with Gasteiger partial charge in [0.25, 0.3) is 5.91 Å². The summed E-state index contributed by atoms with van der Waals surface area (Å²) in [4.78, 5) is 32.2. The molecule has 1 fully saturated rings. The molecule has 0 radical (unpaired) electrons. The molecule has 0 saturated heterocycles. The number of anilines is 1. The first-order valence-corrected chi connectivity index (χ1v) is 10.8. The van der Waals surface area contributed by atoms with Crippen molar-refractivity contribution in [3.05, 3.63) is 41.3 Å². The first kappa shape index (κ1) is 24.4. The number of nitrogens with two attached hydrogens (primary N) is 1. The summed E-state index contributed by atoms with van der Waals surface area (Å²) in [6, 6.07) is 4.07. The van der Waals surface area contributed by atoms with E-state index in [1.807, 2.05) is 17.0 Å². The maximum absolute atomic E-state index is 13.1. The Kier molecular flexibility index (Phi) is 6.13. The van der Waals surface area contributed by atoms with E-state index >= 15 is 0 Å². The number of hydrogen-bond donors (Lipinski definition) is 3. The molecule has 0 bridgehead atoms. The molecule has 4 N–H and O–H groups in total. The smallest absolute Gasteiger partial charge is 0.475 e. The Labute approximate surface area is 197 Å². The highest BCUT2D eigenvalue weighted by molar-refractivity contribution is 6.01. The summed E-state index contributed by atoms with van der Waals surface area (Å²) < 4.78 is 33.4. The van der Waals surface area contributed by atoms with E-state index in [1.165, 1.54) is 19.2 Å². The molecule has 186 valence electrons. The van der Waals surface area contributed by atoms with Crippen molar-refractivity contribution in [2.45, 2.75) is 51.6 Å². The largest absolute Gasteiger partial charge is 0.490 e. The number of imidazole rings is 1. The molecular weight excluding hydrogens is 469 g/mol. The highest BCUT2D eigenvalue weighted by Crippen LogP contribution is 2.41. The van der Waals surface area contributed by atoms with Crippen molar-refractivity contribution in [3.63, 3.8) is 0 Å². The van der Waals surface area contributed by atoms with E-state index in [2.05, 4.69) is 22.0 Å². The van der Waals surface area contributed by atoms with Crippen LogP contribution in [-0.2, 0) is 11.3 Å². The van der Waals surface area contributed by atoms with Crippen molar-refractivity contribution in [2.75, 3.05) is 5.73 Å². The first-order chi connectivity index (χ1) is 16.4. The van der Waals surface area contributed by atoms with Crippen LogP contribution < -0.4 is 5.73 Å². The molecule has 35 heavy (non-hydrogen) atoms. The van der Waals surface area contributed by atoms with E-state index in [0.717, 1.165) is 16.8 Å². The zero-order valence-electron chi connectivity index (χ0n) is 18.8. The molecule has 1 aliphatic heterocycles. The number of aromatic nitrogens is 4. The molecule has 10 nitrogen and oxygen atoms in total. The topological polar surface area (TPSA) is 147 Å². The van der Waals surface area contributed by atoms with Gasteiger partial charge < -0.3 is 20.8 Å². The zero-order chi connectivity index (χ0) is 25.7. The molecule has 2 unspecified atom stereocenters. The van der Waals surface area contributed by atoms with Crippen LogP contribution in [0, 0.1) is 5.92 Å². The minimum Gasteiger partial charge on any atom is -0.475 e. The van der Waals surface area contributed by atoms with E-state index in [9.17, 15) is 23.1 Å². The Morgan fingerprint density at radius 2 is 1.89 bits per heavy atom. The van der Waals surface area contributed by atoms with Gasteiger partial charge in [0.15, 0.2) is 11.5 Å². The highest BCUT2D eigenvalue weighted by atomic mass is 19.4. The van der Waals surface area contributed by atoms with Gasteiger partial charge in [-0.25, -0.2) is 19.3 Å². The molecule has 5 rings (SSSR count). The fourth-order valence-electron chi connectivity index (χ4n) is 4.18. The van der Waals surface area contributed by atoms with Gasteiger partial charge in [-0.1, -0.05) is 0 Å². The van der Waals surface area contributed by atoms with E-state index in [-0.39, 0.29) is 11.9 Å². The van der Waals surface area contributed by atoms with Crippen molar-refractivity contribution in [2.24, 2.45) is 5.92 Å². The number of carbonyl (C=O) groups excluding carboxylic acids is 1. The second-order valence-corrected chi connectivity index (χ2v) is 8.61. The van der Waals surface area contributed by atoms with E-state index in [0.29, 0.717) is 35.1 Å². The Morgan fingerprint density at radius 3 is 2.46 bits per heavy atom. The second kappa shape index (κ2) is 8.80. The molecule has 1 aliphatic carbocycles. The lowest BCUT2D eigenvalue weighted by atomic mass is 9.95. The molecule has 13 heteroatoms. The number of aliphatic carboxylic acids is 1. The van der Waals surface area contributed by atoms with Gasteiger partial charge in [0.2, 0.25) is 0 Å². The van der Waals surface area contributed by atoms with Crippen LogP contribution in [-0.4, -0.2) is 58.8 Å². The number of nitrogens with zero attached hydrogens (tertiary/aromatic N) is 5. The zero-order valence-corrected chi connectivity index (χ0v) is 18.8. The third-order valence-corrected chi connectivity index (χ3v) is 6.18. The van der Waals surface area contributed by atoms with Gasteiger partial charge in [0.1, 0.15) is 6.33 Å². The number of halogens is 3. The van der Waals surface area contributed by atoms with Gasteiger partial charge in [-0.15, -0.1) is 0 Å². The van der Waals surface area contributed by atoms with Crippen molar-refractivity contribution < 1.29 is 33.0 Å². The number of fused-ring (bicyclic) bond motifs is 2. The van der Waals surface area contributed by atoms with Crippen LogP contribution in [0.1, 0.15) is 54.3 Å². The summed E-state index contributed by atoms with van der Waals surface area (Å²) in [5.41, 5.74) is 10.2. The minimum atomic E-state index is -5.08. The number of carbonyl (C=O) groups is 2. The Bertz CT molecular complexity index is 1300. The van der Waals surface area contributed by atoms with Crippen molar-refractivity contribution in [1.82, 2.24) is 24.5 Å². The predicted octanol–water partition coefficient (Wildman–Crippen LogP) is 2.81. The van der Waals surface area contributed by atoms with Gasteiger partial charge in [0, 0.05) is 18.2 Å². The average molecular weight is 492 g/mol. The number of benzene rings is 1. The number of alkyl halides is 3. The number of carboxylic acid groups (broad SMARTS) is 1. The van der Waals surface area contributed by atoms with Crippen molar-refractivity contribution >= 4 is 23.3 Å². The molecule has 1 amide bonds. The average Bonchev–Trinajstić information content (AvgIpc) is 3.46. The van der Waals surface area contributed by atoms with Crippen LogP contribution in [0.15, 0.2) is 24.7 Å². The molecule has 2 aliphatic rings. The summed E-state index contributed by atoms with van der Waals surface area (Å²) >= 11 is 0. The minimum absolute atomic E-state index is 0.0153. The maximum atomic E-state index is 13.1. The maximum Gasteiger partial charge on any atom is 0.490 e. The van der Waals surface area contributed by atoms with Crippen molar-refractivity contribution in [1.29, 1.82) is 0 Å². The molecule has 1 saturated carbocycles. The summed E-state index contributed by atoms with van der Waals surface area (Å²) in [6.45, 7) is 4.37. The standard InChI is InChI=1S/C20H22N6O2.C2HF3O2/c1-10(12-3-4-12)25-8-14-5-13(6-15(11(2)27)17(14)20(25)28)16-7-22-19-18(21)23-9-24-26(16)19;3-2(4,5)1(6)7/h5-7,9-12,27H,3-4,8H2,1-2H3,(H2,21,23,24);(H,6,7). The summed E-state index contributed by atoms with van der Waals surface area (Å²) in [5, 5.41) is 21.8. The number of nitrogen functional groups attached to an aromatic ring is 1. The quantitative estimate of drug-likeness (QED) is 0.504. The number of rotatable bonds is 4. The number of hydrogen-bond acceptors (Lipinski definition) is 7. The van der Waals surface area contributed by atoms with Crippen LogP contribution in [0.2, 0.25) is 0 Å². The lowest BCUT2D eigenvalue weighted by molar-refractivity contribution is -0.192. The fourth-order valence-corrected chi connectivity index (χ4v) is 4.18. The summed E-state index contributed by atoms with van der Waals surface area (Å²) in [5.74, 6) is -1.85. The third kappa shape index (κ3) is 4.63. The molecule has 2 atom stereocenters. The van der Waals surface area contributed by atoms with E-state index in [1.54, 1.807) is 17.6 Å². The van der Waals surface area contributed by atoms with Crippen LogP contribution in [0.3, 0.4) is 0 Å². The number of carboxylic acids is 1. The number of amides is 1. The lowest BCUT2D eigenvalue weighted by Crippen LogP contribution is -2.35. The molecule has 3 aromatic rings. The molecular formula is C22H23F3N6O4. The van der Waals surface area contributed by atoms with Crippen LogP contribution in [0.5, 0.6) is 0 Å². The number of aliphatic hydroxyl groups is 1. The molecule has 3 heterocycles. The third-order valence-electron chi connectivity index (χ3n) is 6.18. The number of aliphatic hydroxyl groups excluding tert-OH is 1. The van der Waals surface area contributed by atoms with E-state index < -0.39 is 18.2 Å². The lowest BCUT2D eigenvalue weighted by Gasteiger charge is -2.24. The SMILES string of the molecule is CC(O)c1cc(-c2cnc3c(N)ncnn23)cc2c1C(=O)N(C(C)C1CC1)C2.O=C(O)C(F)(F)F. The van der Waals surface area contributed by atoms with Crippen LogP contribution in [0.25, 0.3) is 16.9 Å². The first-order valence-electron chi connectivity index (χ1n) is 10.8. The van der Waals surface area contributed by atoms with Gasteiger partial charge in [-0.3, -0.25) is 4.79 Å². The molecule has 0 spiro atoms. The van der Waals surface area contributed by atoms with Gasteiger partial charge in [0.05, 0.1) is 23.6 Å². The molecule has 2 aromatic heterocycles. The highest BCUT2D eigenvalue weighted by Gasteiger charge is 2.40. The summed E-state index contributed by atoms with van der Waals surface area (Å²) in [6.07, 6.45) is -0.404. The Morgan fingerprint density at radius 1 is 1.23 bits per heavy atom. The van der Waals surface area contributed by atoms with Crippen molar-refractivity contribution in [3.8, 4) is 11.3 Å². The van der Waals surface area contributed by atoms with Crippen LogP contribution >= 0.6 is 0 Å².